The Morgan fingerprint density at radius 2 is 1.88 bits per heavy atom. The molecule has 25 heavy (non-hydrogen) atoms. The van der Waals surface area contributed by atoms with Gasteiger partial charge in [-0.15, -0.1) is 0 Å². The molecule has 0 fully saturated rings. The molecule has 0 heterocycles. The van der Waals surface area contributed by atoms with Crippen LogP contribution in [0.5, 0.6) is 0 Å². The number of nitrogens with one attached hydrogen (secondary N) is 2. The van der Waals surface area contributed by atoms with Gasteiger partial charge in [0.05, 0.1) is 16.3 Å². The molecule has 0 bridgehead atoms. The summed E-state index contributed by atoms with van der Waals surface area (Å²) in [4.78, 5) is 35.3. The third-order valence-corrected chi connectivity index (χ3v) is 3.55. The van der Waals surface area contributed by atoms with Gasteiger partial charge in [-0.1, -0.05) is 17.7 Å². The first-order valence-electron chi connectivity index (χ1n) is 7.25. The molecule has 0 saturated heterocycles. The van der Waals surface area contributed by atoms with Crippen LogP contribution in [0, 0.1) is 0 Å². The highest BCUT2D eigenvalue weighted by atomic mass is 35.5. The fourth-order valence-corrected chi connectivity index (χ4v) is 2.08. The average Bonchev–Trinajstić information content (AvgIpc) is 2.61. The molecule has 130 valence electrons. The molecule has 2 amide bonds. The van der Waals surface area contributed by atoms with E-state index >= 15 is 0 Å². The predicted molar refractivity (Wildman–Crippen MR) is 94.6 cm³/mol. The summed E-state index contributed by atoms with van der Waals surface area (Å²) in [6, 6.07) is 10.7. The van der Waals surface area contributed by atoms with Crippen LogP contribution in [0.25, 0.3) is 0 Å². The van der Waals surface area contributed by atoms with Crippen LogP contribution in [0.2, 0.25) is 5.02 Å². The summed E-state index contributed by atoms with van der Waals surface area (Å²) < 4.78 is 4.93. The van der Waals surface area contributed by atoms with Crippen molar-refractivity contribution in [3.8, 4) is 0 Å². The Kier molecular flexibility index (Phi) is 5.97. The van der Waals surface area contributed by atoms with E-state index in [1.807, 2.05) is 0 Å². The summed E-state index contributed by atoms with van der Waals surface area (Å²) in [5.41, 5.74) is 6.86. The van der Waals surface area contributed by atoms with Crippen LogP contribution >= 0.6 is 11.6 Å². The second-order valence-corrected chi connectivity index (χ2v) is 5.43. The summed E-state index contributed by atoms with van der Waals surface area (Å²) in [6.07, 6.45) is 0. The Morgan fingerprint density at radius 3 is 2.56 bits per heavy atom. The first-order valence-corrected chi connectivity index (χ1v) is 7.62. The number of carbonyl (C=O) groups excluding carboxylic acids is 3. The molecule has 8 heteroatoms. The van der Waals surface area contributed by atoms with Gasteiger partial charge in [-0.05, 0) is 36.4 Å². The molecule has 0 aliphatic rings. The number of nitrogen functional groups attached to an aromatic ring is 1. The van der Waals surface area contributed by atoms with Crippen molar-refractivity contribution >= 4 is 40.8 Å². The number of amides is 2. The van der Waals surface area contributed by atoms with E-state index in [1.165, 1.54) is 31.3 Å². The normalized spacial score (nSPS) is 10.0. The molecule has 4 N–H and O–H groups in total. The second-order valence-electron chi connectivity index (χ2n) is 5.02. The largest absolute Gasteiger partial charge is 0.452 e. The topological polar surface area (TPSA) is 111 Å². The number of esters is 1. The predicted octanol–water partition coefficient (Wildman–Crippen LogP) is 2.08. The van der Waals surface area contributed by atoms with Gasteiger partial charge in [0.2, 0.25) is 0 Å². The molecule has 0 aliphatic heterocycles. The Labute approximate surface area is 149 Å². The highest BCUT2D eigenvalue weighted by Gasteiger charge is 2.12. The van der Waals surface area contributed by atoms with Crippen molar-refractivity contribution in [2.24, 2.45) is 0 Å². The second kappa shape index (κ2) is 8.16. The van der Waals surface area contributed by atoms with Crippen molar-refractivity contribution in [2.45, 2.75) is 0 Å². The Morgan fingerprint density at radius 1 is 1.12 bits per heavy atom. The maximum absolute atomic E-state index is 11.9. The molecule has 0 aliphatic carbocycles. The quantitative estimate of drug-likeness (QED) is 0.557. The first-order chi connectivity index (χ1) is 11.9. The van der Waals surface area contributed by atoms with E-state index in [0.717, 1.165) is 0 Å². The number of carbonyl (C=O) groups is 3. The molecule has 2 aromatic carbocycles. The third kappa shape index (κ3) is 4.95. The van der Waals surface area contributed by atoms with Crippen LogP contribution in [-0.4, -0.2) is 31.4 Å². The van der Waals surface area contributed by atoms with Gasteiger partial charge in [-0.25, -0.2) is 4.79 Å². The molecule has 7 nitrogen and oxygen atoms in total. The van der Waals surface area contributed by atoms with Gasteiger partial charge in [0.15, 0.2) is 6.61 Å². The van der Waals surface area contributed by atoms with Crippen LogP contribution in [-0.2, 0) is 9.53 Å². The van der Waals surface area contributed by atoms with Crippen molar-refractivity contribution in [1.82, 2.24) is 5.32 Å². The van der Waals surface area contributed by atoms with Gasteiger partial charge in [0.1, 0.15) is 0 Å². The van der Waals surface area contributed by atoms with Crippen molar-refractivity contribution in [3.63, 3.8) is 0 Å². The van der Waals surface area contributed by atoms with Crippen molar-refractivity contribution in [1.29, 1.82) is 0 Å². The van der Waals surface area contributed by atoms with Gasteiger partial charge in [-0.2, -0.15) is 0 Å². The minimum atomic E-state index is -0.697. The van der Waals surface area contributed by atoms with E-state index in [1.54, 1.807) is 18.2 Å². The lowest BCUT2D eigenvalue weighted by atomic mass is 10.2. The fraction of sp³-hybridized carbons (Fsp3) is 0.118. The molecule has 0 radical (unpaired) electrons. The fourth-order valence-electron chi connectivity index (χ4n) is 1.96. The molecule has 0 spiro atoms. The zero-order valence-corrected chi connectivity index (χ0v) is 14.1. The van der Waals surface area contributed by atoms with E-state index < -0.39 is 18.5 Å². The minimum Gasteiger partial charge on any atom is -0.452 e. The lowest BCUT2D eigenvalue weighted by Gasteiger charge is -2.08. The van der Waals surface area contributed by atoms with E-state index in [2.05, 4.69) is 10.6 Å². The zero-order chi connectivity index (χ0) is 18.4. The first kappa shape index (κ1) is 18.3. The van der Waals surface area contributed by atoms with Crippen molar-refractivity contribution < 1.29 is 19.1 Å². The number of ether oxygens (including phenoxy) is 1. The van der Waals surface area contributed by atoms with Crippen LogP contribution in [0.4, 0.5) is 11.4 Å². The van der Waals surface area contributed by atoms with Gasteiger partial charge in [0.25, 0.3) is 11.8 Å². The van der Waals surface area contributed by atoms with Gasteiger partial charge < -0.3 is 21.1 Å². The minimum absolute atomic E-state index is 0.191. The summed E-state index contributed by atoms with van der Waals surface area (Å²) in [7, 11) is 1.51. The van der Waals surface area contributed by atoms with Crippen molar-refractivity contribution in [3.05, 3.63) is 58.6 Å². The lowest BCUT2D eigenvalue weighted by Crippen LogP contribution is -2.22. The Bertz CT molecular complexity index is 823. The monoisotopic (exact) mass is 361 g/mol. The van der Waals surface area contributed by atoms with Crippen LogP contribution in [0.1, 0.15) is 20.7 Å². The molecule has 2 aromatic rings. The highest BCUT2D eigenvalue weighted by molar-refractivity contribution is 6.33. The van der Waals surface area contributed by atoms with E-state index in [0.29, 0.717) is 16.3 Å². The average molecular weight is 362 g/mol. The number of hydrogen-bond acceptors (Lipinski definition) is 5. The molecule has 0 atom stereocenters. The SMILES string of the molecule is CNC(=O)c1cccc(NC(=O)COC(=O)c2ccc(Cl)c(N)c2)c1. The molecule has 0 saturated carbocycles. The van der Waals surface area contributed by atoms with Crippen LogP contribution < -0.4 is 16.4 Å². The smallest absolute Gasteiger partial charge is 0.338 e. The van der Waals surface area contributed by atoms with Crippen molar-refractivity contribution in [2.75, 3.05) is 24.7 Å². The number of nitrogens with two attached hydrogens (primary N) is 1. The number of hydrogen-bond donors (Lipinski definition) is 3. The third-order valence-electron chi connectivity index (χ3n) is 3.20. The Hall–Kier alpha value is -3.06. The Balaban J connectivity index is 1.93. The molecular weight excluding hydrogens is 346 g/mol. The van der Waals surface area contributed by atoms with Crippen LogP contribution in [0.3, 0.4) is 0 Å². The molecular formula is C17H16ClN3O4. The summed E-state index contributed by atoms with van der Waals surface area (Å²) in [5.74, 6) is -1.51. The number of halogens is 1. The number of benzene rings is 2. The molecule has 0 unspecified atom stereocenters. The summed E-state index contributed by atoms with van der Waals surface area (Å²) in [6.45, 7) is -0.481. The van der Waals surface area contributed by atoms with E-state index in [4.69, 9.17) is 22.1 Å². The lowest BCUT2D eigenvalue weighted by molar-refractivity contribution is -0.119. The number of anilines is 2. The standard InChI is InChI=1S/C17H16ClN3O4/c1-20-16(23)10-3-2-4-12(7-10)21-15(22)9-25-17(24)11-5-6-13(18)14(19)8-11/h2-8H,9,19H2,1H3,(H,20,23)(H,21,22). The highest BCUT2D eigenvalue weighted by Crippen LogP contribution is 2.20. The zero-order valence-electron chi connectivity index (χ0n) is 13.3. The summed E-state index contributed by atoms with van der Waals surface area (Å²) >= 11 is 5.78. The van der Waals surface area contributed by atoms with E-state index in [-0.39, 0.29) is 17.2 Å². The van der Waals surface area contributed by atoms with Gasteiger partial charge >= 0.3 is 5.97 Å². The number of rotatable bonds is 5. The molecule has 2 rings (SSSR count). The van der Waals surface area contributed by atoms with Crippen LogP contribution in [0.15, 0.2) is 42.5 Å². The summed E-state index contributed by atoms with van der Waals surface area (Å²) in [5, 5.41) is 5.36. The van der Waals surface area contributed by atoms with Gasteiger partial charge in [-0.3, -0.25) is 9.59 Å². The maximum Gasteiger partial charge on any atom is 0.338 e. The van der Waals surface area contributed by atoms with E-state index in [9.17, 15) is 14.4 Å². The molecule has 0 aromatic heterocycles. The maximum atomic E-state index is 11.9. The van der Waals surface area contributed by atoms with Gasteiger partial charge in [0, 0.05) is 18.3 Å².